The van der Waals surface area contributed by atoms with Crippen molar-refractivity contribution >= 4 is 11.8 Å². The van der Waals surface area contributed by atoms with E-state index in [1.54, 1.807) is 24.8 Å². The van der Waals surface area contributed by atoms with Gasteiger partial charge in [-0.3, -0.25) is 0 Å². The zero-order valence-corrected chi connectivity index (χ0v) is 10.4. The van der Waals surface area contributed by atoms with Gasteiger partial charge in [-0.15, -0.1) is 11.8 Å². The van der Waals surface area contributed by atoms with E-state index < -0.39 is 6.10 Å². The van der Waals surface area contributed by atoms with Gasteiger partial charge in [0.25, 0.3) is 0 Å². The largest absolute Gasteiger partial charge is 0.389 e. The van der Waals surface area contributed by atoms with Crippen molar-refractivity contribution in [1.82, 2.24) is 0 Å². The Morgan fingerprint density at radius 3 is 2.40 bits per heavy atom. The van der Waals surface area contributed by atoms with Crippen LogP contribution in [0, 0.1) is 5.82 Å². The summed E-state index contributed by atoms with van der Waals surface area (Å²) in [5, 5.41) is 9.53. The Morgan fingerprint density at radius 1 is 1.33 bits per heavy atom. The van der Waals surface area contributed by atoms with Crippen LogP contribution in [0.25, 0.3) is 0 Å². The molecule has 1 nitrogen and oxygen atoms in total. The zero-order valence-electron chi connectivity index (χ0n) is 9.54. The highest BCUT2D eigenvalue weighted by Gasteiger charge is 2.19. The van der Waals surface area contributed by atoms with Gasteiger partial charge in [0.1, 0.15) is 5.82 Å². The zero-order chi connectivity index (χ0) is 11.6. The van der Waals surface area contributed by atoms with Crippen molar-refractivity contribution < 1.29 is 9.50 Å². The summed E-state index contributed by atoms with van der Waals surface area (Å²) in [6.07, 6.45) is -0.768. The van der Waals surface area contributed by atoms with Crippen LogP contribution in [-0.2, 0) is 0 Å². The molecule has 1 rings (SSSR count). The van der Waals surface area contributed by atoms with Crippen molar-refractivity contribution in [3.63, 3.8) is 0 Å². The molecule has 1 atom stereocenters. The first-order valence-corrected chi connectivity index (χ1v) is 5.78. The van der Waals surface area contributed by atoms with Crippen LogP contribution in [0.2, 0.25) is 0 Å². The highest BCUT2D eigenvalue weighted by molar-refractivity contribution is 8.00. The standard InChI is InChI=1S/C12H17FOS/c1-8(14)11-9(13)6-5-7-10(11)15-12(2,3)4/h5-8,14H,1-4H3/t8-/m0/s1. The number of halogens is 1. The molecule has 3 heteroatoms. The molecule has 1 aromatic carbocycles. The molecule has 1 N–H and O–H groups in total. The molecule has 15 heavy (non-hydrogen) atoms. The first-order chi connectivity index (χ1) is 6.81. The summed E-state index contributed by atoms with van der Waals surface area (Å²) >= 11 is 1.57. The van der Waals surface area contributed by atoms with E-state index in [9.17, 15) is 9.50 Å². The molecule has 0 bridgehead atoms. The van der Waals surface area contributed by atoms with Gasteiger partial charge in [0, 0.05) is 15.2 Å². The van der Waals surface area contributed by atoms with Crippen LogP contribution in [-0.4, -0.2) is 9.85 Å². The maximum absolute atomic E-state index is 13.5. The number of aliphatic hydroxyl groups excluding tert-OH is 1. The minimum Gasteiger partial charge on any atom is -0.389 e. The highest BCUT2D eigenvalue weighted by Crippen LogP contribution is 2.37. The summed E-state index contributed by atoms with van der Waals surface area (Å²) in [5.41, 5.74) is 0.400. The number of benzene rings is 1. The highest BCUT2D eigenvalue weighted by atomic mass is 32.2. The van der Waals surface area contributed by atoms with E-state index >= 15 is 0 Å². The monoisotopic (exact) mass is 228 g/mol. The Hall–Kier alpha value is -0.540. The lowest BCUT2D eigenvalue weighted by Crippen LogP contribution is -2.09. The van der Waals surface area contributed by atoms with E-state index in [0.717, 1.165) is 4.90 Å². The van der Waals surface area contributed by atoms with Crippen molar-refractivity contribution in [1.29, 1.82) is 0 Å². The predicted molar refractivity (Wildman–Crippen MR) is 62.6 cm³/mol. The fourth-order valence-corrected chi connectivity index (χ4v) is 2.53. The van der Waals surface area contributed by atoms with E-state index in [0.29, 0.717) is 5.56 Å². The third kappa shape index (κ3) is 3.50. The van der Waals surface area contributed by atoms with Crippen molar-refractivity contribution in [2.75, 3.05) is 0 Å². The van der Waals surface area contributed by atoms with Gasteiger partial charge in [0.15, 0.2) is 0 Å². The number of aliphatic hydroxyl groups is 1. The Balaban J connectivity index is 3.12. The molecule has 0 fully saturated rings. The Labute approximate surface area is 94.7 Å². The fourth-order valence-electron chi connectivity index (χ4n) is 1.34. The van der Waals surface area contributed by atoms with Crippen LogP contribution >= 0.6 is 11.8 Å². The lowest BCUT2D eigenvalue weighted by molar-refractivity contribution is 0.191. The van der Waals surface area contributed by atoms with Crippen LogP contribution in [0.15, 0.2) is 23.1 Å². The van der Waals surface area contributed by atoms with Crippen molar-refractivity contribution in [3.05, 3.63) is 29.6 Å². The third-order valence-electron chi connectivity index (χ3n) is 1.85. The maximum Gasteiger partial charge on any atom is 0.130 e. The third-order valence-corrected chi connectivity index (χ3v) is 3.04. The molecule has 0 heterocycles. The lowest BCUT2D eigenvalue weighted by atomic mass is 10.1. The average Bonchev–Trinajstić information content (AvgIpc) is 1.99. The molecule has 0 saturated heterocycles. The quantitative estimate of drug-likeness (QED) is 0.777. The SMILES string of the molecule is C[C@H](O)c1c(F)cccc1SC(C)(C)C. The van der Waals surface area contributed by atoms with Gasteiger partial charge in [-0.1, -0.05) is 26.8 Å². The fraction of sp³-hybridized carbons (Fsp3) is 0.500. The molecule has 0 unspecified atom stereocenters. The average molecular weight is 228 g/mol. The number of hydrogen-bond donors (Lipinski definition) is 1. The Morgan fingerprint density at radius 2 is 1.93 bits per heavy atom. The molecule has 0 amide bonds. The van der Waals surface area contributed by atoms with E-state index in [2.05, 4.69) is 20.8 Å². The topological polar surface area (TPSA) is 20.2 Å². The van der Waals surface area contributed by atoms with Gasteiger partial charge in [0.2, 0.25) is 0 Å². The minimum atomic E-state index is -0.768. The Kier molecular flexibility index (Phi) is 3.79. The lowest BCUT2D eigenvalue weighted by Gasteiger charge is -2.21. The molecule has 0 spiro atoms. The summed E-state index contributed by atoms with van der Waals surface area (Å²) < 4.78 is 13.5. The van der Waals surface area contributed by atoms with Gasteiger partial charge >= 0.3 is 0 Å². The maximum atomic E-state index is 13.5. The van der Waals surface area contributed by atoms with Gasteiger partial charge in [-0.05, 0) is 19.1 Å². The molecule has 1 aromatic rings. The summed E-state index contributed by atoms with van der Waals surface area (Å²) in [5.74, 6) is -0.334. The first kappa shape index (κ1) is 12.5. The van der Waals surface area contributed by atoms with E-state index in [-0.39, 0.29) is 10.6 Å². The van der Waals surface area contributed by atoms with Crippen LogP contribution in [0.3, 0.4) is 0 Å². The van der Waals surface area contributed by atoms with Crippen molar-refractivity contribution in [2.24, 2.45) is 0 Å². The number of hydrogen-bond acceptors (Lipinski definition) is 2. The van der Waals surface area contributed by atoms with Gasteiger partial charge in [-0.25, -0.2) is 4.39 Å². The molecular formula is C12H17FOS. The minimum absolute atomic E-state index is 0.0113. The van der Waals surface area contributed by atoms with Crippen LogP contribution in [0.4, 0.5) is 4.39 Å². The smallest absolute Gasteiger partial charge is 0.130 e. The molecule has 0 radical (unpaired) electrons. The van der Waals surface area contributed by atoms with Crippen molar-refractivity contribution in [3.8, 4) is 0 Å². The van der Waals surface area contributed by atoms with E-state index in [4.69, 9.17) is 0 Å². The second-order valence-corrected chi connectivity index (χ2v) is 6.41. The summed E-state index contributed by atoms with van der Waals surface area (Å²) in [7, 11) is 0. The molecule has 0 aliphatic carbocycles. The van der Waals surface area contributed by atoms with Crippen molar-refractivity contribution in [2.45, 2.75) is 43.4 Å². The Bertz CT molecular complexity index is 342. The van der Waals surface area contributed by atoms with E-state index in [1.807, 2.05) is 6.07 Å². The van der Waals surface area contributed by atoms with Crippen LogP contribution < -0.4 is 0 Å². The second kappa shape index (κ2) is 4.54. The summed E-state index contributed by atoms with van der Waals surface area (Å²) in [6, 6.07) is 4.91. The van der Waals surface area contributed by atoms with E-state index in [1.165, 1.54) is 6.07 Å². The van der Waals surface area contributed by atoms with Crippen LogP contribution in [0.1, 0.15) is 39.4 Å². The summed E-state index contributed by atoms with van der Waals surface area (Å²) in [6.45, 7) is 7.78. The molecule has 84 valence electrons. The molecule has 0 aliphatic heterocycles. The van der Waals surface area contributed by atoms with Crippen LogP contribution in [0.5, 0.6) is 0 Å². The first-order valence-electron chi connectivity index (χ1n) is 4.97. The summed E-state index contributed by atoms with van der Waals surface area (Å²) in [4.78, 5) is 0.817. The number of rotatable bonds is 2. The predicted octanol–water partition coefficient (Wildman–Crippen LogP) is 3.77. The molecule has 0 saturated carbocycles. The molecule has 0 aromatic heterocycles. The molecule has 0 aliphatic rings. The van der Waals surface area contributed by atoms with Gasteiger partial charge < -0.3 is 5.11 Å². The number of thioether (sulfide) groups is 1. The van der Waals surface area contributed by atoms with Gasteiger partial charge in [0.05, 0.1) is 6.10 Å². The second-order valence-electron chi connectivity index (χ2n) is 4.54. The normalized spacial score (nSPS) is 14.0. The molecular weight excluding hydrogens is 211 g/mol. The van der Waals surface area contributed by atoms with Gasteiger partial charge in [-0.2, -0.15) is 0 Å².